The lowest BCUT2D eigenvalue weighted by Crippen LogP contribution is -2.22. The fourth-order valence-corrected chi connectivity index (χ4v) is 6.61. The lowest BCUT2D eigenvalue weighted by atomic mass is 10.1. The SMILES string of the molecule is C=CCn1c(SCc2cc(Br)cc3c2O[C@@H](c2ccccc2)OC3)nc2sc(C)c(C)c2c1=O. The minimum absolute atomic E-state index is 0.0145. The van der Waals surface area contributed by atoms with Gasteiger partial charge in [-0.3, -0.25) is 9.36 Å². The monoisotopic (exact) mass is 554 g/mol. The van der Waals surface area contributed by atoms with Gasteiger partial charge in [-0.15, -0.1) is 17.9 Å². The summed E-state index contributed by atoms with van der Waals surface area (Å²) < 4.78 is 15.0. The summed E-state index contributed by atoms with van der Waals surface area (Å²) in [7, 11) is 0. The summed E-state index contributed by atoms with van der Waals surface area (Å²) in [6.45, 7) is 8.73. The summed E-state index contributed by atoms with van der Waals surface area (Å²) in [5, 5.41) is 1.39. The van der Waals surface area contributed by atoms with E-state index in [0.717, 1.165) is 42.2 Å². The zero-order valence-corrected chi connectivity index (χ0v) is 22.1. The molecule has 0 spiro atoms. The number of allylic oxidation sites excluding steroid dienone is 1. The maximum Gasteiger partial charge on any atom is 0.263 e. The Bertz CT molecular complexity index is 1450. The highest BCUT2D eigenvalue weighted by Crippen LogP contribution is 2.40. The number of rotatable bonds is 6. The molecule has 0 saturated heterocycles. The Balaban J connectivity index is 1.49. The van der Waals surface area contributed by atoms with Crippen molar-refractivity contribution in [2.45, 2.75) is 44.2 Å². The summed E-state index contributed by atoms with van der Waals surface area (Å²) >= 11 is 6.72. The van der Waals surface area contributed by atoms with Crippen LogP contribution in [0, 0.1) is 13.8 Å². The molecule has 1 aliphatic heterocycles. The van der Waals surface area contributed by atoms with E-state index >= 15 is 0 Å². The van der Waals surface area contributed by atoms with Crippen LogP contribution in [0.5, 0.6) is 5.75 Å². The Morgan fingerprint density at radius 3 is 2.85 bits per heavy atom. The van der Waals surface area contributed by atoms with Crippen LogP contribution in [0.15, 0.2) is 69.5 Å². The number of hydrogen-bond donors (Lipinski definition) is 0. The molecule has 0 aliphatic carbocycles. The molecule has 1 atom stereocenters. The molecule has 2 aromatic heterocycles. The van der Waals surface area contributed by atoms with Crippen LogP contribution < -0.4 is 10.3 Å². The molecule has 0 bridgehead atoms. The first kappa shape index (κ1) is 23.4. The number of benzene rings is 2. The Kier molecular flexibility index (Phi) is 6.66. The van der Waals surface area contributed by atoms with Crippen LogP contribution in [0.2, 0.25) is 0 Å². The lowest BCUT2D eigenvalue weighted by Gasteiger charge is -2.28. The van der Waals surface area contributed by atoms with E-state index in [1.165, 1.54) is 11.8 Å². The third kappa shape index (κ3) is 4.35. The molecule has 2 aromatic carbocycles. The first-order chi connectivity index (χ1) is 16.5. The summed E-state index contributed by atoms with van der Waals surface area (Å²) in [6, 6.07) is 14.0. The highest BCUT2D eigenvalue weighted by molar-refractivity contribution is 9.10. The molecule has 8 heteroatoms. The van der Waals surface area contributed by atoms with E-state index in [-0.39, 0.29) is 5.56 Å². The zero-order chi connectivity index (χ0) is 23.8. The summed E-state index contributed by atoms with van der Waals surface area (Å²) in [6.07, 6.45) is 1.28. The zero-order valence-electron chi connectivity index (χ0n) is 18.8. The molecule has 3 heterocycles. The van der Waals surface area contributed by atoms with Crippen molar-refractivity contribution in [1.29, 1.82) is 0 Å². The first-order valence-electron chi connectivity index (χ1n) is 10.8. The van der Waals surface area contributed by atoms with Gasteiger partial charge in [-0.1, -0.05) is 64.1 Å². The van der Waals surface area contributed by atoms with Crippen LogP contribution in [-0.2, 0) is 23.6 Å². The molecule has 1 aliphatic rings. The standard InChI is InChI=1S/C26H23BrN2O3S2/c1-4-10-29-24(30)21-15(2)16(3)34-23(21)28-26(29)33-14-19-12-20(27)11-18-13-31-25(32-22(18)19)17-8-6-5-7-9-17/h4-9,11-12,25H,1,10,13-14H2,2-3H3/t25-/m0/s1. The second kappa shape index (κ2) is 9.70. The van der Waals surface area contributed by atoms with Crippen LogP contribution in [-0.4, -0.2) is 9.55 Å². The first-order valence-corrected chi connectivity index (χ1v) is 13.4. The van der Waals surface area contributed by atoms with Gasteiger partial charge in [-0.2, -0.15) is 0 Å². The molecule has 0 fully saturated rings. The van der Waals surface area contributed by atoms with Crippen molar-refractivity contribution < 1.29 is 9.47 Å². The van der Waals surface area contributed by atoms with Gasteiger partial charge in [0.15, 0.2) is 5.16 Å². The van der Waals surface area contributed by atoms with Crippen molar-refractivity contribution >= 4 is 49.2 Å². The number of thiophene rings is 1. The third-order valence-corrected chi connectivity index (χ3v) is 8.40. The summed E-state index contributed by atoms with van der Waals surface area (Å²) in [5.41, 5.74) is 3.99. The molecular formula is C26H23BrN2O3S2. The second-order valence-electron chi connectivity index (χ2n) is 8.08. The van der Waals surface area contributed by atoms with E-state index in [1.807, 2.05) is 50.2 Å². The Morgan fingerprint density at radius 1 is 1.29 bits per heavy atom. The minimum Gasteiger partial charge on any atom is -0.460 e. The molecule has 4 aromatic rings. The average molecular weight is 556 g/mol. The van der Waals surface area contributed by atoms with Crippen LogP contribution in [0.4, 0.5) is 0 Å². The predicted molar refractivity (Wildman–Crippen MR) is 142 cm³/mol. The van der Waals surface area contributed by atoms with E-state index in [4.69, 9.17) is 14.5 Å². The maximum absolute atomic E-state index is 13.3. The number of halogens is 1. The number of thioether (sulfide) groups is 1. The van der Waals surface area contributed by atoms with Crippen molar-refractivity contribution in [2.24, 2.45) is 0 Å². The second-order valence-corrected chi connectivity index (χ2v) is 11.1. The van der Waals surface area contributed by atoms with Gasteiger partial charge in [0.25, 0.3) is 5.56 Å². The van der Waals surface area contributed by atoms with Crippen LogP contribution in [0.3, 0.4) is 0 Å². The van der Waals surface area contributed by atoms with Gasteiger partial charge >= 0.3 is 0 Å². The van der Waals surface area contributed by atoms with E-state index in [9.17, 15) is 4.79 Å². The van der Waals surface area contributed by atoms with Crippen molar-refractivity contribution in [2.75, 3.05) is 0 Å². The number of aromatic nitrogens is 2. The molecule has 0 N–H and O–H groups in total. The summed E-state index contributed by atoms with van der Waals surface area (Å²) in [5.74, 6) is 1.43. The fourth-order valence-electron chi connectivity index (χ4n) is 4.01. The summed E-state index contributed by atoms with van der Waals surface area (Å²) in [4.78, 5) is 20.1. The third-order valence-electron chi connectivity index (χ3n) is 5.82. The Hall–Kier alpha value is -2.39. The van der Waals surface area contributed by atoms with Crippen LogP contribution in [0.1, 0.15) is 33.4 Å². The number of ether oxygens (including phenoxy) is 2. The minimum atomic E-state index is -0.455. The van der Waals surface area contributed by atoms with Gasteiger partial charge in [-0.25, -0.2) is 4.98 Å². The number of fused-ring (bicyclic) bond motifs is 2. The van der Waals surface area contributed by atoms with E-state index in [2.05, 4.69) is 28.6 Å². The van der Waals surface area contributed by atoms with E-state index in [1.54, 1.807) is 22.0 Å². The van der Waals surface area contributed by atoms with Crippen molar-refractivity contribution in [3.05, 3.63) is 97.1 Å². The molecule has 0 unspecified atom stereocenters. The van der Waals surface area contributed by atoms with Gasteiger partial charge in [0.05, 0.1) is 12.0 Å². The fraction of sp³-hybridized carbons (Fsp3) is 0.231. The number of nitrogens with zero attached hydrogens (tertiary/aromatic N) is 2. The van der Waals surface area contributed by atoms with Gasteiger partial charge < -0.3 is 9.47 Å². The molecule has 174 valence electrons. The highest BCUT2D eigenvalue weighted by Gasteiger charge is 2.25. The number of hydrogen-bond acceptors (Lipinski definition) is 6. The van der Waals surface area contributed by atoms with Crippen LogP contribution in [0.25, 0.3) is 10.2 Å². The largest absolute Gasteiger partial charge is 0.460 e. The molecule has 5 rings (SSSR count). The molecule has 5 nitrogen and oxygen atoms in total. The molecule has 0 amide bonds. The molecule has 0 saturated carbocycles. The van der Waals surface area contributed by atoms with E-state index < -0.39 is 6.29 Å². The molecule has 34 heavy (non-hydrogen) atoms. The van der Waals surface area contributed by atoms with Crippen LogP contribution >= 0.6 is 39.0 Å². The van der Waals surface area contributed by atoms with Crippen molar-refractivity contribution in [3.8, 4) is 5.75 Å². The smallest absolute Gasteiger partial charge is 0.263 e. The molecule has 0 radical (unpaired) electrons. The predicted octanol–water partition coefficient (Wildman–Crippen LogP) is 6.92. The van der Waals surface area contributed by atoms with E-state index in [0.29, 0.717) is 29.4 Å². The lowest BCUT2D eigenvalue weighted by molar-refractivity contribution is -0.111. The quantitative estimate of drug-likeness (QED) is 0.147. The van der Waals surface area contributed by atoms with Gasteiger partial charge in [-0.05, 0) is 31.5 Å². The maximum atomic E-state index is 13.3. The number of aryl methyl sites for hydroxylation is 2. The Morgan fingerprint density at radius 2 is 2.09 bits per heavy atom. The van der Waals surface area contributed by atoms with Gasteiger partial charge in [0, 0.05) is 38.3 Å². The molecular weight excluding hydrogens is 532 g/mol. The Labute approximate surface area is 214 Å². The normalized spacial score (nSPS) is 15.2. The van der Waals surface area contributed by atoms with Crippen molar-refractivity contribution in [3.63, 3.8) is 0 Å². The van der Waals surface area contributed by atoms with Gasteiger partial charge in [0.1, 0.15) is 10.6 Å². The highest BCUT2D eigenvalue weighted by atomic mass is 79.9. The average Bonchev–Trinajstić information content (AvgIpc) is 3.13. The topological polar surface area (TPSA) is 53.4 Å². The van der Waals surface area contributed by atoms with Crippen molar-refractivity contribution in [1.82, 2.24) is 9.55 Å². The van der Waals surface area contributed by atoms with Gasteiger partial charge in [0.2, 0.25) is 6.29 Å².